The maximum absolute atomic E-state index is 12.7. The molecule has 0 spiro atoms. The second-order valence-electron chi connectivity index (χ2n) is 7.34. The average molecular weight is 527 g/mol. The van der Waals surface area contributed by atoms with Gasteiger partial charge in [0.2, 0.25) is 5.91 Å². The van der Waals surface area contributed by atoms with E-state index in [0.717, 1.165) is 12.1 Å². The summed E-state index contributed by atoms with van der Waals surface area (Å²) in [5, 5.41) is 0. The van der Waals surface area contributed by atoms with Gasteiger partial charge in [0.1, 0.15) is 25.9 Å². The fourth-order valence-corrected chi connectivity index (χ4v) is 3.77. The first-order valence-electron chi connectivity index (χ1n) is 10.8. The third-order valence-electron chi connectivity index (χ3n) is 4.67. The van der Waals surface area contributed by atoms with Crippen LogP contribution in [0, 0.1) is 0 Å². The van der Waals surface area contributed by atoms with Crippen LogP contribution in [-0.2, 0) is 15.7 Å². The fourth-order valence-electron chi connectivity index (χ4n) is 2.97. The van der Waals surface area contributed by atoms with Crippen LogP contribution in [0.15, 0.2) is 54.5 Å². The summed E-state index contributed by atoms with van der Waals surface area (Å²) in [6, 6.07) is 4.67. The smallest absolute Gasteiger partial charge is 0.416 e. The molecular weight excluding hydrogens is 501 g/mol. The molecule has 1 aromatic carbocycles. The molecule has 13 heteroatoms. The normalized spacial score (nSPS) is 15.8. The van der Waals surface area contributed by atoms with Gasteiger partial charge in [-0.25, -0.2) is 0 Å². The number of hydrogen-bond acceptors (Lipinski definition) is 9. The van der Waals surface area contributed by atoms with Gasteiger partial charge in [-0.3, -0.25) is 4.79 Å². The Bertz CT molecular complexity index is 1010. The maximum Gasteiger partial charge on any atom is 0.416 e. The lowest BCUT2D eigenvalue weighted by Gasteiger charge is -2.32. The molecule has 1 saturated heterocycles. The molecule has 1 unspecified atom stereocenters. The first-order chi connectivity index (χ1) is 17.3. The number of alkyl halides is 3. The first-order valence-corrected chi connectivity index (χ1v) is 11.8. The Balaban J connectivity index is 1.52. The van der Waals surface area contributed by atoms with E-state index in [1.807, 2.05) is 0 Å². The van der Waals surface area contributed by atoms with Crippen molar-refractivity contribution in [1.82, 2.24) is 19.9 Å². The highest BCUT2D eigenvalue weighted by molar-refractivity contribution is 8.00. The van der Waals surface area contributed by atoms with Gasteiger partial charge in [0, 0.05) is 11.4 Å². The molecule has 0 bridgehead atoms. The molecule has 1 amide bonds. The van der Waals surface area contributed by atoms with Gasteiger partial charge in [-0.05, 0) is 24.3 Å². The standard InChI is InChI=1S/C23H25F3N4O5S/c1-3-10-33-20-27-21(34-11-4-2)29-22(28-20)35-14-17-13-30(9-12-32-17)19(31)15-36-18-7-5-16(6-8-18)23(24,25)26/h3-8,17H,1-2,9-15H2. The summed E-state index contributed by atoms with van der Waals surface area (Å²) >= 11 is 1.17. The van der Waals surface area contributed by atoms with Crippen molar-refractivity contribution in [3.8, 4) is 18.0 Å². The second kappa shape index (κ2) is 13.1. The predicted molar refractivity (Wildman–Crippen MR) is 125 cm³/mol. The molecule has 1 aliphatic heterocycles. The van der Waals surface area contributed by atoms with E-state index in [-0.39, 0.29) is 56.1 Å². The summed E-state index contributed by atoms with van der Waals surface area (Å²) in [6.07, 6.45) is -1.77. The Kier molecular flexibility index (Phi) is 9.94. The maximum atomic E-state index is 12.7. The first kappa shape index (κ1) is 27.3. The van der Waals surface area contributed by atoms with E-state index in [9.17, 15) is 18.0 Å². The average Bonchev–Trinajstić information content (AvgIpc) is 2.88. The number of thioether (sulfide) groups is 1. The van der Waals surface area contributed by atoms with Crippen LogP contribution in [-0.4, -0.2) is 77.1 Å². The summed E-state index contributed by atoms with van der Waals surface area (Å²) < 4.78 is 60.1. The van der Waals surface area contributed by atoms with Gasteiger partial charge in [0.05, 0.1) is 24.5 Å². The summed E-state index contributed by atoms with van der Waals surface area (Å²) in [7, 11) is 0. The molecule has 1 atom stereocenters. The van der Waals surface area contributed by atoms with Crippen LogP contribution in [0.3, 0.4) is 0 Å². The van der Waals surface area contributed by atoms with Crippen LogP contribution in [0.1, 0.15) is 5.56 Å². The summed E-state index contributed by atoms with van der Waals surface area (Å²) in [4.78, 5) is 27.0. The van der Waals surface area contributed by atoms with E-state index in [0.29, 0.717) is 18.0 Å². The lowest BCUT2D eigenvalue weighted by atomic mass is 10.2. The number of halogens is 3. The number of carbonyl (C=O) groups excluding carboxylic acids is 1. The summed E-state index contributed by atoms with van der Waals surface area (Å²) in [5.74, 6) is -0.0750. The van der Waals surface area contributed by atoms with Crippen LogP contribution < -0.4 is 14.2 Å². The second-order valence-corrected chi connectivity index (χ2v) is 8.39. The molecule has 2 aromatic rings. The number of benzene rings is 1. The molecular formula is C23H25F3N4O5S. The lowest BCUT2D eigenvalue weighted by molar-refractivity contribution is -0.138. The fraction of sp³-hybridized carbons (Fsp3) is 0.391. The van der Waals surface area contributed by atoms with Crippen molar-refractivity contribution in [2.45, 2.75) is 17.2 Å². The molecule has 36 heavy (non-hydrogen) atoms. The molecule has 2 heterocycles. The van der Waals surface area contributed by atoms with E-state index in [2.05, 4.69) is 28.1 Å². The summed E-state index contributed by atoms with van der Waals surface area (Å²) in [5.41, 5.74) is -0.730. The number of amides is 1. The van der Waals surface area contributed by atoms with Crippen LogP contribution >= 0.6 is 11.8 Å². The van der Waals surface area contributed by atoms with Crippen molar-refractivity contribution in [2.24, 2.45) is 0 Å². The van der Waals surface area contributed by atoms with Gasteiger partial charge < -0.3 is 23.8 Å². The largest absolute Gasteiger partial charge is 0.460 e. The zero-order chi connectivity index (χ0) is 26.0. The minimum atomic E-state index is -4.40. The lowest BCUT2D eigenvalue weighted by Crippen LogP contribution is -2.48. The Morgan fingerprint density at radius 2 is 1.64 bits per heavy atom. The van der Waals surface area contributed by atoms with Crippen LogP contribution in [0.25, 0.3) is 0 Å². The van der Waals surface area contributed by atoms with Crippen LogP contribution in [0.2, 0.25) is 0 Å². The van der Waals surface area contributed by atoms with E-state index in [1.165, 1.54) is 36.0 Å². The molecule has 0 radical (unpaired) electrons. The number of ether oxygens (including phenoxy) is 4. The zero-order valence-electron chi connectivity index (χ0n) is 19.3. The van der Waals surface area contributed by atoms with Gasteiger partial charge in [-0.1, -0.05) is 25.3 Å². The molecule has 9 nitrogen and oxygen atoms in total. The molecule has 0 N–H and O–H groups in total. The zero-order valence-corrected chi connectivity index (χ0v) is 20.1. The monoisotopic (exact) mass is 526 g/mol. The third-order valence-corrected chi connectivity index (χ3v) is 5.66. The molecule has 0 aliphatic carbocycles. The van der Waals surface area contributed by atoms with Gasteiger partial charge in [-0.2, -0.15) is 13.2 Å². The van der Waals surface area contributed by atoms with Crippen molar-refractivity contribution < 1.29 is 36.9 Å². The minimum absolute atomic E-state index is 0.000574. The van der Waals surface area contributed by atoms with Crippen molar-refractivity contribution >= 4 is 17.7 Å². The topological polar surface area (TPSA) is 95.9 Å². The van der Waals surface area contributed by atoms with Crippen molar-refractivity contribution in [2.75, 3.05) is 45.3 Å². The Morgan fingerprint density at radius 3 is 2.19 bits per heavy atom. The van der Waals surface area contributed by atoms with Crippen LogP contribution in [0.4, 0.5) is 13.2 Å². The Labute approximate surface area is 210 Å². The molecule has 0 saturated carbocycles. The molecule has 1 aliphatic rings. The van der Waals surface area contributed by atoms with Crippen molar-refractivity contribution in [1.29, 1.82) is 0 Å². The van der Waals surface area contributed by atoms with Gasteiger partial charge in [0.25, 0.3) is 0 Å². The number of hydrogen-bond donors (Lipinski definition) is 0. The predicted octanol–water partition coefficient (Wildman–Crippen LogP) is 3.42. The highest BCUT2D eigenvalue weighted by atomic mass is 32.2. The molecule has 1 aromatic heterocycles. The quantitative estimate of drug-likeness (QED) is 0.305. The molecule has 3 rings (SSSR count). The van der Waals surface area contributed by atoms with Crippen molar-refractivity contribution in [3.63, 3.8) is 0 Å². The van der Waals surface area contributed by atoms with E-state index >= 15 is 0 Å². The number of nitrogens with zero attached hydrogens (tertiary/aromatic N) is 4. The van der Waals surface area contributed by atoms with Gasteiger partial charge in [-0.15, -0.1) is 26.7 Å². The van der Waals surface area contributed by atoms with Gasteiger partial charge >= 0.3 is 24.2 Å². The molecule has 1 fully saturated rings. The van der Waals surface area contributed by atoms with Gasteiger partial charge in [0.15, 0.2) is 0 Å². The van der Waals surface area contributed by atoms with Crippen LogP contribution in [0.5, 0.6) is 18.0 Å². The molecule has 194 valence electrons. The number of carbonyl (C=O) groups is 1. The number of rotatable bonds is 12. The van der Waals surface area contributed by atoms with E-state index in [4.69, 9.17) is 18.9 Å². The van der Waals surface area contributed by atoms with E-state index in [1.54, 1.807) is 4.90 Å². The summed E-state index contributed by atoms with van der Waals surface area (Å²) in [6.45, 7) is 8.53. The van der Waals surface area contributed by atoms with Crippen molar-refractivity contribution in [3.05, 3.63) is 55.1 Å². The minimum Gasteiger partial charge on any atom is -0.460 e. The van der Waals surface area contributed by atoms with E-state index < -0.39 is 17.8 Å². The number of morpholine rings is 1. The third kappa shape index (κ3) is 8.41. The highest BCUT2D eigenvalue weighted by Gasteiger charge is 2.30. The SMILES string of the molecule is C=CCOc1nc(OCC=C)nc(OCC2CN(C(=O)CSc3ccc(C(F)(F)F)cc3)CCO2)n1. The number of aromatic nitrogens is 3. The Morgan fingerprint density at radius 1 is 1.06 bits per heavy atom. The Hall–Kier alpha value is -3.32. The highest BCUT2D eigenvalue weighted by Crippen LogP contribution is 2.30.